The maximum absolute atomic E-state index is 12.1. The van der Waals surface area contributed by atoms with E-state index < -0.39 is 0 Å². The molecule has 2 fully saturated rings. The molecule has 146 valence electrons. The number of hydrogen-bond donors (Lipinski definition) is 5. The van der Waals surface area contributed by atoms with Gasteiger partial charge in [-0.25, -0.2) is 14.8 Å². The molecule has 3 heterocycles. The Balaban J connectivity index is 1.35. The molecule has 3 aromatic rings. The fourth-order valence-corrected chi connectivity index (χ4v) is 3.61. The number of quaternary nitrogens is 1. The van der Waals surface area contributed by atoms with Crippen molar-refractivity contribution in [2.75, 3.05) is 31.6 Å². The SMILES string of the molecule is O=C(Nc1cn[nH]c1-c1[nH]c2cc(C[NH+]3CCOCC3)ccc2[nH+]1)NC1CC1. The molecule has 1 saturated heterocycles. The molecule has 1 aliphatic carbocycles. The van der Waals surface area contributed by atoms with E-state index in [9.17, 15) is 4.79 Å². The molecule has 1 aromatic carbocycles. The van der Waals surface area contributed by atoms with E-state index in [1.165, 1.54) is 5.56 Å². The first-order valence-electron chi connectivity index (χ1n) is 9.81. The standard InChI is InChI=1S/C19H23N7O2/c27-19(21-13-2-3-13)24-16-10-20-25-17(16)18-22-14-4-1-12(9-15(14)23-18)11-26-5-7-28-8-6-26/h1,4,9-10,13H,2-3,5-8,11H2,(H,20,25)(H,22,23)(H2,21,24,27)/p+2. The number of ether oxygens (including phenoxy) is 1. The van der Waals surface area contributed by atoms with Crippen LogP contribution in [-0.4, -0.2) is 53.6 Å². The molecule has 0 bridgehead atoms. The first kappa shape index (κ1) is 17.2. The Morgan fingerprint density at radius 2 is 2.18 bits per heavy atom. The number of aromatic nitrogens is 4. The van der Waals surface area contributed by atoms with E-state index in [-0.39, 0.29) is 6.03 Å². The number of rotatable bonds is 5. The fraction of sp³-hybridized carbons (Fsp3) is 0.421. The van der Waals surface area contributed by atoms with Gasteiger partial charge in [0.1, 0.15) is 19.6 Å². The Bertz CT molecular complexity index is 985. The van der Waals surface area contributed by atoms with E-state index >= 15 is 0 Å². The van der Waals surface area contributed by atoms with E-state index in [2.05, 4.69) is 49.0 Å². The van der Waals surface area contributed by atoms with Gasteiger partial charge in [0.2, 0.25) is 0 Å². The number of fused-ring (bicyclic) bond motifs is 1. The van der Waals surface area contributed by atoms with Gasteiger partial charge in [0.15, 0.2) is 16.7 Å². The van der Waals surface area contributed by atoms with E-state index in [1.807, 2.05) is 0 Å². The summed E-state index contributed by atoms with van der Waals surface area (Å²) in [6.07, 6.45) is 3.72. The van der Waals surface area contributed by atoms with Gasteiger partial charge in [-0.15, -0.1) is 0 Å². The Morgan fingerprint density at radius 1 is 1.32 bits per heavy atom. The minimum absolute atomic E-state index is 0.197. The fourth-order valence-electron chi connectivity index (χ4n) is 3.61. The van der Waals surface area contributed by atoms with Crippen molar-refractivity contribution in [2.45, 2.75) is 25.4 Å². The lowest BCUT2D eigenvalue weighted by atomic mass is 10.2. The molecule has 9 heteroatoms. The zero-order valence-electron chi connectivity index (χ0n) is 15.6. The second kappa shape index (κ2) is 7.25. The number of benzene rings is 1. The summed E-state index contributed by atoms with van der Waals surface area (Å²) in [6.45, 7) is 4.76. The molecule has 1 aliphatic heterocycles. The highest BCUT2D eigenvalue weighted by Crippen LogP contribution is 2.24. The highest BCUT2D eigenvalue weighted by atomic mass is 16.5. The number of anilines is 1. The van der Waals surface area contributed by atoms with Gasteiger partial charge in [0.05, 0.1) is 25.1 Å². The number of nitrogens with zero attached hydrogens (tertiary/aromatic N) is 1. The highest BCUT2D eigenvalue weighted by molar-refractivity contribution is 5.93. The second-order valence-corrected chi connectivity index (χ2v) is 7.58. The van der Waals surface area contributed by atoms with Crippen molar-refractivity contribution in [3.05, 3.63) is 30.0 Å². The summed E-state index contributed by atoms with van der Waals surface area (Å²) >= 11 is 0. The van der Waals surface area contributed by atoms with Crippen LogP contribution >= 0.6 is 0 Å². The Morgan fingerprint density at radius 3 is 3.00 bits per heavy atom. The van der Waals surface area contributed by atoms with E-state index in [1.54, 1.807) is 11.1 Å². The maximum Gasteiger partial charge on any atom is 0.319 e. The summed E-state index contributed by atoms with van der Waals surface area (Å²) in [5, 5.41) is 12.8. The summed E-state index contributed by atoms with van der Waals surface area (Å²) in [4.78, 5) is 20.4. The molecule has 0 unspecified atom stereocenters. The van der Waals surface area contributed by atoms with Crippen LogP contribution in [0.4, 0.5) is 10.5 Å². The van der Waals surface area contributed by atoms with Crippen LogP contribution in [0, 0.1) is 0 Å². The molecule has 2 aromatic heterocycles. The molecule has 2 amide bonds. The predicted octanol–water partition coefficient (Wildman–Crippen LogP) is 0.0711. The number of morpholine rings is 1. The number of aromatic amines is 3. The monoisotopic (exact) mass is 383 g/mol. The number of imidazole rings is 1. The van der Waals surface area contributed by atoms with Gasteiger partial charge in [0, 0.05) is 11.6 Å². The van der Waals surface area contributed by atoms with E-state index in [0.717, 1.165) is 68.2 Å². The van der Waals surface area contributed by atoms with E-state index in [4.69, 9.17) is 4.74 Å². The van der Waals surface area contributed by atoms with Crippen LogP contribution in [0.25, 0.3) is 22.6 Å². The average Bonchev–Trinajstić information content (AvgIpc) is 3.22. The molecule has 0 radical (unpaired) electrons. The van der Waals surface area contributed by atoms with Crippen molar-refractivity contribution >= 4 is 22.8 Å². The van der Waals surface area contributed by atoms with Gasteiger partial charge >= 0.3 is 11.9 Å². The third kappa shape index (κ3) is 3.71. The number of H-pyrrole nitrogens is 3. The van der Waals surface area contributed by atoms with Gasteiger partial charge in [-0.2, -0.15) is 5.10 Å². The zero-order chi connectivity index (χ0) is 18.9. The number of amides is 2. The van der Waals surface area contributed by atoms with Crippen molar-refractivity contribution in [3.63, 3.8) is 0 Å². The van der Waals surface area contributed by atoms with Crippen molar-refractivity contribution in [3.8, 4) is 11.5 Å². The van der Waals surface area contributed by atoms with E-state index in [0.29, 0.717) is 11.7 Å². The van der Waals surface area contributed by atoms with Crippen LogP contribution in [0.1, 0.15) is 18.4 Å². The third-order valence-electron chi connectivity index (χ3n) is 5.31. The molecule has 5 rings (SSSR count). The quantitative estimate of drug-likeness (QED) is 0.430. The van der Waals surface area contributed by atoms with Crippen molar-refractivity contribution in [2.24, 2.45) is 0 Å². The lowest BCUT2D eigenvalue weighted by Gasteiger charge is -2.23. The lowest BCUT2D eigenvalue weighted by Crippen LogP contribution is -3.12. The highest BCUT2D eigenvalue weighted by Gasteiger charge is 2.25. The molecule has 6 N–H and O–H groups in total. The Labute approximate surface area is 161 Å². The normalized spacial score (nSPS) is 17.7. The predicted molar refractivity (Wildman–Crippen MR) is 103 cm³/mol. The zero-order valence-corrected chi connectivity index (χ0v) is 15.6. The van der Waals surface area contributed by atoms with Crippen LogP contribution in [0.15, 0.2) is 24.4 Å². The van der Waals surface area contributed by atoms with Gasteiger partial charge in [-0.05, 0) is 31.0 Å². The molecule has 1 saturated carbocycles. The molecular weight excluding hydrogens is 358 g/mol. The maximum atomic E-state index is 12.1. The van der Waals surface area contributed by atoms with Crippen LogP contribution in [0.2, 0.25) is 0 Å². The van der Waals surface area contributed by atoms with Crippen molar-refractivity contribution in [1.82, 2.24) is 20.5 Å². The number of carbonyl (C=O) groups excluding carboxylic acids is 1. The first-order valence-corrected chi connectivity index (χ1v) is 9.81. The third-order valence-corrected chi connectivity index (χ3v) is 5.31. The Kier molecular flexibility index (Phi) is 4.46. The summed E-state index contributed by atoms with van der Waals surface area (Å²) in [5.41, 5.74) is 4.70. The van der Waals surface area contributed by atoms with Crippen LogP contribution in [-0.2, 0) is 11.3 Å². The summed E-state index contributed by atoms with van der Waals surface area (Å²) in [6, 6.07) is 6.54. The summed E-state index contributed by atoms with van der Waals surface area (Å²) in [5.74, 6) is 0.782. The number of nitrogens with one attached hydrogen (secondary N) is 6. The lowest BCUT2D eigenvalue weighted by molar-refractivity contribution is -0.921. The van der Waals surface area contributed by atoms with Gasteiger partial charge < -0.3 is 20.3 Å². The minimum atomic E-state index is -0.197. The van der Waals surface area contributed by atoms with Gasteiger partial charge in [-0.3, -0.25) is 5.10 Å². The molecule has 9 nitrogen and oxygen atoms in total. The molecule has 28 heavy (non-hydrogen) atoms. The summed E-state index contributed by atoms with van der Waals surface area (Å²) < 4.78 is 5.44. The topological polar surface area (TPSA) is 113 Å². The number of carbonyl (C=O) groups is 1. The minimum Gasteiger partial charge on any atom is -0.370 e. The second-order valence-electron chi connectivity index (χ2n) is 7.58. The van der Waals surface area contributed by atoms with Gasteiger partial charge in [0.25, 0.3) is 0 Å². The van der Waals surface area contributed by atoms with Crippen molar-refractivity contribution in [1.29, 1.82) is 0 Å². The molecule has 2 aliphatic rings. The number of urea groups is 1. The molecular formula is C19H25N7O2+2. The van der Waals surface area contributed by atoms with Crippen molar-refractivity contribution < 1.29 is 19.4 Å². The summed E-state index contributed by atoms with van der Waals surface area (Å²) in [7, 11) is 0. The Hall–Kier alpha value is -2.91. The smallest absolute Gasteiger partial charge is 0.319 e. The van der Waals surface area contributed by atoms with Gasteiger partial charge in [-0.1, -0.05) is 0 Å². The largest absolute Gasteiger partial charge is 0.370 e. The molecule has 0 atom stereocenters. The van der Waals surface area contributed by atoms with Crippen LogP contribution < -0.4 is 20.5 Å². The van der Waals surface area contributed by atoms with Crippen LogP contribution in [0.5, 0.6) is 0 Å². The molecule has 0 spiro atoms. The first-order chi connectivity index (χ1) is 13.7. The average molecular weight is 383 g/mol. The number of hydrogen-bond acceptors (Lipinski definition) is 3. The van der Waals surface area contributed by atoms with Crippen LogP contribution in [0.3, 0.4) is 0 Å².